The lowest BCUT2D eigenvalue weighted by Crippen LogP contribution is -2.30. The van der Waals surface area contributed by atoms with E-state index in [2.05, 4.69) is 25.9 Å². The molecule has 0 radical (unpaired) electrons. The van der Waals surface area contributed by atoms with E-state index in [-0.39, 0.29) is 6.04 Å². The molecule has 0 aliphatic carbocycles. The summed E-state index contributed by atoms with van der Waals surface area (Å²) in [6, 6.07) is 0.268. The molecule has 0 spiro atoms. The molecule has 7 heteroatoms. The highest BCUT2D eigenvalue weighted by molar-refractivity contribution is 9.10. The van der Waals surface area contributed by atoms with Crippen LogP contribution in [0.2, 0.25) is 0 Å². The lowest BCUT2D eigenvalue weighted by Gasteiger charge is -2.12. The van der Waals surface area contributed by atoms with Gasteiger partial charge in [-0.05, 0) is 29.8 Å². The second-order valence-corrected chi connectivity index (χ2v) is 5.10. The van der Waals surface area contributed by atoms with Crippen molar-refractivity contribution >= 4 is 15.9 Å². The maximum Gasteiger partial charge on any atom is 0.328 e. The summed E-state index contributed by atoms with van der Waals surface area (Å²) in [5.74, 6) is 0. The summed E-state index contributed by atoms with van der Waals surface area (Å²) in [7, 11) is 0. The molecular weight excluding hydrogens is 300 g/mol. The molecule has 0 saturated carbocycles. The van der Waals surface area contributed by atoms with Crippen LogP contribution in [0.15, 0.2) is 32.8 Å². The van der Waals surface area contributed by atoms with Crippen molar-refractivity contribution in [1.82, 2.24) is 19.1 Å². The van der Waals surface area contributed by atoms with E-state index in [1.807, 2.05) is 18.4 Å². The first kappa shape index (κ1) is 12.8. The van der Waals surface area contributed by atoms with Crippen LogP contribution in [0.5, 0.6) is 0 Å². The van der Waals surface area contributed by atoms with Gasteiger partial charge < -0.3 is 4.57 Å². The molecule has 0 unspecified atom stereocenters. The molecule has 0 fully saturated rings. The van der Waals surface area contributed by atoms with Gasteiger partial charge in [-0.15, -0.1) is 0 Å². The van der Waals surface area contributed by atoms with E-state index in [0.29, 0.717) is 11.0 Å². The molecule has 0 aliphatic rings. The minimum atomic E-state index is -0.431. The van der Waals surface area contributed by atoms with E-state index in [0.717, 1.165) is 5.69 Å². The number of aromatic nitrogens is 4. The van der Waals surface area contributed by atoms with Crippen LogP contribution in [0.1, 0.15) is 25.6 Å². The van der Waals surface area contributed by atoms with Gasteiger partial charge >= 0.3 is 5.69 Å². The van der Waals surface area contributed by atoms with Gasteiger partial charge in [0.1, 0.15) is 0 Å². The first-order chi connectivity index (χ1) is 8.49. The highest BCUT2D eigenvalue weighted by Crippen LogP contribution is 2.10. The van der Waals surface area contributed by atoms with E-state index in [1.54, 1.807) is 12.5 Å². The Morgan fingerprint density at radius 1 is 1.44 bits per heavy atom. The second-order valence-electron chi connectivity index (χ2n) is 4.25. The Kier molecular flexibility index (Phi) is 3.51. The Morgan fingerprint density at radius 3 is 2.83 bits per heavy atom. The minimum Gasteiger partial charge on any atom is -0.330 e. The van der Waals surface area contributed by atoms with Crippen LogP contribution in [-0.2, 0) is 6.54 Å². The number of aromatic amines is 1. The van der Waals surface area contributed by atoms with E-state index in [9.17, 15) is 9.59 Å². The van der Waals surface area contributed by atoms with Gasteiger partial charge in [0.25, 0.3) is 5.56 Å². The molecule has 0 atom stereocenters. The maximum absolute atomic E-state index is 11.7. The van der Waals surface area contributed by atoms with Crippen LogP contribution in [0.3, 0.4) is 0 Å². The number of halogens is 1. The molecule has 0 aliphatic heterocycles. The molecule has 0 bridgehead atoms. The van der Waals surface area contributed by atoms with Crippen LogP contribution >= 0.6 is 15.9 Å². The first-order valence-electron chi connectivity index (χ1n) is 5.49. The molecule has 18 heavy (non-hydrogen) atoms. The summed E-state index contributed by atoms with van der Waals surface area (Å²) >= 11 is 3.11. The van der Waals surface area contributed by atoms with Gasteiger partial charge in [0.15, 0.2) is 0 Å². The number of nitrogens with zero attached hydrogens (tertiary/aromatic N) is 3. The van der Waals surface area contributed by atoms with Crippen LogP contribution in [0.4, 0.5) is 0 Å². The molecule has 6 nitrogen and oxygen atoms in total. The van der Waals surface area contributed by atoms with E-state index < -0.39 is 11.2 Å². The minimum absolute atomic E-state index is 0.268. The molecular formula is C11H13BrN4O2. The molecule has 2 aromatic heterocycles. The zero-order chi connectivity index (χ0) is 13.3. The molecule has 0 saturated heterocycles. The predicted molar refractivity (Wildman–Crippen MR) is 70.7 cm³/mol. The fourth-order valence-electron chi connectivity index (χ4n) is 1.69. The number of rotatable bonds is 3. The van der Waals surface area contributed by atoms with Crippen molar-refractivity contribution < 1.29 is 0 Å². The normalized spacial score (nSPS) is 11.1. The van der Waals surface area contributed by atoms with Crippen molar-refractivity contribution in [3.63, 3.8) is 0 Å². The van der Waals surface area contributed by atoms with Gasteiger partial charge in [0, 0.05) is 18.4 Å². The van der Waals surface area contributed by atoms with Crippen molar-refractivity contribution in [2.24, 2.45) is 0 Å². The smallest absolute Gasteiger partial charge is 0.328 e. The zero-order valence-corrected chi connectivity index (χ0v) is 11.6. The molecule has 2 heterocycles. The standard InChI is InChI=1S/C11H13BrN4O2/c1-7(2)16-6-13-3-8(16)4-15-5-9(12)10(17)14-11(15)18/h3,5-7H,4H2,1-2H3,(H,14,17,18). The molecule has 96 valence electrons. The number of hydrogen-bond acceptors (Lipinski definition) is 3. The van der Waals surface area contributed by atoms with Crippen molar-refractivity contribution in [3.05, 3.63) is 49.7 Å². The SMILES string of the molecule is CC(C)n1cncc1Cn1cc(Br)c(=O)[nH]c1=O. The average molecular weight is 313 g/mol. The van der Waals surface area contributed by atoms with Gasteiger partial charge in [0.2, 0.25) is 0 Å². The van der Waals surface area contributed by atoms with Gasteiger partial charge in [-0.25, -0.2) is 9.78 Å². The highest BCUT2D eigenvalue weighted by atomic mass is 79.9. The predicted octanol–water partition coefficient (Wildman–Crippen LogP) is 1.12. The number of nitrogens with one attached hydrogen (secondary N) is 1. The van der Waals surface area contributed by atoms with E-state index >= 15 is 0 Å². The number of imidazole rings is 1. The Morgan fingerprint density at radius 2 is 2.17 bits per heavy atom. The molecule has 0 aromatic carbocycles. The summed E-state index contributed by atoms with van der Waals surface area (Å²) in [6.45, 7) is 4.44. The third kappa shape index (κ3) is 2.45. The average Bonchev–Trinajstić information content (AvgIpc) is 2.74. The summed E-state index contributed by atoms with van der Waals surface area (Å²) in [5, 5.41) is 0. The summed E-state index contributed by atoms with van der Waals surface area (Å²) in [5.41, 5.74) is 0.0550. The number of H-pyrrole nitrogens is 1. The van der Waals surface area contributed by atoms with E-state index in [1.165, 1.54) is 10.8 Å². The maximum atomic E-state index is 11.7. The largest absolute Gasteiger partial charge is 0.330 e. The third-order valence-electron chi connectivity index (χ3n) is 2.60. The lowest BCUT2D eigenvalue weighted by atomic mass is 10.3. The number of hydrogen-bond donors (Lipinski definition) is 1. The Hall–Kier alpha value is -1.63. The summed E-state index contributed by atoms with van der Waals surface area (Å²) < 4.78 is 3.74. The van der Waals surface area contributed by atoms with Crippen LogP contribution in [-0.4, -0.2) is 19.1 Å². The summed E-state index contributed by atoms with van der Waals surface area (Å²) in [6.07, 6.45) is 4.93. The Balaban J connectivity index is 2.40. The third-order valence-corrected chi connectivity index (χ3v) is 3.17. The lowest BCUT2D eigenvalue weighted by molar-refractivity contribution is 0.554. The first-order valence-corrected chi connectivity index (χ1v) is 6.28. The Labute approximate surface area is 111 Å². The summed E-state index contributed by atoms with van der Waals surface area (Å²) in [4.78, 5) is 29.2. The van der Waals surface area contributed by atoms with Gasteiger partial charge in [-0.1, -0.05) is 0 Å². The van der Waals surface area contributed by atoms with Crippen molar-refractivity contribution in [3.8, 4) is 0 Å². The van der Waals surface area contributed by atoms with Crippen molar-refractivity contribution in [2.45, 2.75) is 26.4 Å². The van der Waals surface area contributed by atoms with Crippen LogP contribution < -0.4 is 11.2 Å². The quantitative estimate of drug-likeness (QED) is 0.923. The van der Waals surface area contributed by atoms with Crippen LogP contribution in [0, 0.1) is 0 Å². The van der Waals surface area contributed by atoms with Crippen molar-refractivity contribution in [1.29, 1.82) is 0 Å². The molecule has 2 aromatic rings. The molecule has 1 N–H and O–H groups in total. The molecule has 2 rings (SSSR count). The van der Waals surface area contributed by atoms with Gasteiger partial charge in [-0.3, -0.25) is 14.3 Å². The van der Waals surface area contributed by atoms with Crippen LogP contribution in [0.25, 0.3) is 0 Å². The Bertz CT molecular complexity index is 668. The monoisotopic (exact) mass is 312 g/mol. The zero-order valence-electron chi connectivity index (χ0n) is 10.1. The molecule has 0 amide bonds. The second kappa shape index (κ2) is 4.93. The van der Waals surface area contributed by atoms with Crippen molar-refractivity contribution in [2.75, 3.05) is 0 Å². The van der Waals surface area contributed by atoms with Gasteiger partial charge in [-0.2, -0.15) is 0 Å². The topological polar surface area (TPSA) is 72.7 Å². The van der Waals surface area contributed by atoms with E-state index in [4.69, 9.17) is 0 Å². The fourth-order valence-corrected chi connectivity index (χ4v) is 2.04. The fraction of sp³-hybridized carbons (Fsp3) is 0.364. The highest BCUT2D eigenvalue weighted by Gasteiger charge is 2.08. The van der Waals surface area contributed by atoms with Gasteiger partial charge in [0.05, 0.1) is 23.0 Å².